The molecular formula is C11H10N4OS. The summed E-state index contributed by atoms with van der Waals surface area (Å²) in [4.78, 5) is 0. The second-order valence-corrected chi connectivity index (χ2v) is 3.84. The van der Waals surface area contributed by atoms with Crippen molar-refractivity contribution in [1.29, 1.82) is 0 Å². The summed E-state index contributed by atoms with van der Waals surface area (Å²) < 4.78 is 6.94. The van der Waals surface area contributed by atoms with E-state index in [4.69, 9.17) is 11.2 Å². The predicted octanol–water partition coefficient (Wildman–Crippen LogP) is 1.40. The number of thioether (sulfide) groups is 1. The van der Waals surface area contributed by atoms with E-state index in [1.165, 1.54) is 11.8 Å². The van der Waals surface area contributed by atoms with Gasteiger partial charge >= 0.3 is 0 Å². The lowest BCUT2D eigenvalue weighted by molar-refractivity contribution is 0.370. The number of rotatable bonds is 4. The Labute approximate surface area is 103 Å². The Bertz CT molecular complexity index is 529. The molecule has 86 valence electrons. The fraction of sp³-hybridized carbons (Fsp3) is 0.182. The van der Waals surface area contributed by atoms with Crippen molar-refractivity contribution in [3.63, 3.8) is 0 Å². The molecule has 0 saturated carbocycles. The zero-order valence-electron chi connectivity index (χ0n) is 9.20. The van der Waals surface area contributed by atoms with Gasteiger partial charge < -0.3 is 4.74 Å². The Hall–Kier alpha value is -2.00. The summed E-state index contributed by atoms with van der Waals surface area (Å²) in [7, 11) is 0. The molecule has 0 atom stereocenters. The summed E-state index contributed by atoms with van der Waals surface area (Å²) in [6, 6.07) is 7.42. The van der Waals surface area contributed by atoms with Crippen LogP contribution in [0.3, 0.4) is 0 Å². The third-order valence-corrected chi connectivity index (χ3v) is 2.65. The molecule has 0 bridgehead atoms. The molecule has 0 N–H and O–H groups in total. The van der Waals surface area contributed by atoms with Crippen molar-refractivity contribution in [2.45, 2.75) is 5.16 Å². The lowest BCUT2D eigenvalue weighted by Gasteiger charge is -2.05. The van der Waals surface area contributed by atoms with Gasteiger partial charge in [0, 0.05) is 0 Å². The van der Waals surface area contributed by atoms with E-state index >= 15 is 0 Å². The maximum absolute atomic E-state index is 5.28. The molecule has 17 heavy (non-hydrogen) atoms. The van der Waals surface area contributed by atoms with Crippen molar-refractivity contribution in [3.8, 4) is 23.8 Å². The monoisotopic (exact) mass is 246 g/mol. The third kappa shape index (κ3) is 2.57. The van der Waals surface area contributed by atoms with Gasteiger partial charge in [0.1, 0.15) is 12.4 Å². The molecule has 0 aliphatic heterocycles. The van der Waals surface area contributed by atoms with E-state index in [1.54, 1.807) is 4.68 Å². The molecule has 2 aromatic rings. The molecular weight excluding hydrogens is 236 g/mol. The normalized spacial score (nSPS) is 9.88. The highest BCUT2D eigenvalue weighted by atomic mass is 32.2. The van der Waals surface area contributed by atoms with Crippen LogP contribution in [0.15, 0.2) is 29.4 Å². The van der Waals surface area contributed by atoms with Gasteiger partial charge in [-0.15, -0.1) is 11.5 Å². The second-order valence-electron chi connectivity index (χ2n) is 3.06. The zero-order chi connectivity index (χ0) is 12.1. The Morgan fingerprint density at radius 2 is 2.18 bits per heavy atom. The Morgan fingerprint density at radius 1 is 1.41 bits per heavy atom. The van der Waals surface area contributed by atoms with Gasteiger partial charge in [0.2, 0.25) is 5.16 Å². The average Bonchev–Trinajstić information content (AvgIpc) is 2.85. The molecule has 1 aromatic heterocycles. The smallest absolute Gasteiger partial charge is 0.213 e. The molecule has 0 fully saturated rings. The highest BCUT2D eigenvalue weighted by molar-refractivity contribution is 7.98. The Balaban J connectivity index is 2.21. The number of hydrogen-bond acceptors (Lipinski definition) is 5. The number of aromatic nitrogens is 4. The fourth-order valence-electron chi connectivity index (χ4n) is 1.28. The van der Waals surface area contributed by atoms with Crippen LogP contribution < -0.4 is 4.74 Å². The molecule has 0 saturated heterocycles. The Morgan fingerprint density at radius 3 is 2.82 bits per heavy atom. The fourth-order valence-corrected chi connectivity index (χ4v) is 1.71. The van der Waals surface area contributed by atoms with Crippen molar-refractivity contribution in [2.75, 3.05) is 12.9 Å². The van der Waals surface area contributed by atoms with E-state index in [0.29, 0.717) is 0 Å². The van der Waals surface area contributed by atoms with Gasteiger partial charge in [0.15, 0.2) is 0 Å². The van der Waals surface area contributed by atoms with E-state index in [2.05, 4.69) is 21.4 Å². The summed E-state index contributed by atoms with van der Waals surface area (Å²) in [6.07, 6.45) is 7.04. The zero-order valence-corrected chi connectivity index (χ0v) is 10.0. The average molecular weight is 246 g/mol. The van der Waals surface area contributed by atoms with E-state index in [9.17, 15) is 0 Å². The molecule has 0 amide bonds. The quantitative estimate of drug-likeness (QED) is 0.603. The highest BCUT2D eigenvalue weighted by Gasteiger charge is 2.06. The largest absolute Gasteiger partial charge is 0.481 e. The summed E-state index contributed by atoms with van der Waals surface area (Å²) in [5.74, 6) is 3.14. The molecule has 0 radical (unpaired) electrons. The molecule has 6 heteroatoms. The molecule has 0 aliphatic carbocycles. The predicted molar refractivity (Wildman–Crippen MR) is 65.3 cm³/mol. The van der Waals surface area contributed by atoms with Crippen molar-refractivity contribution in [3.05, 3.63) is 24.3 Å². The maximum atomic E-state index is 5.28. The maximum Gasteiger partial charge on any atom is 0.213 e. The van der Waals surface area contributed by atoms with E-state index in [1.807, 2.05) is 30.5 Å². The van der Waals surface area contributed by atoms with Crippen LogP contribution in [0.25, 0.3) is 5.69 Å². The highest BCUT2D eigenvalue weighted by Crippen LogP contribution is 2.18. The standard InChI is InChI=1S/C11H10N4OS/c1-3-8-16-10-6-4-9(5-7-10)15-11(17-2)12-13-14-15/h1,4-7H,8H2,2H3. The lowest BCUT2D eigenvalue weighted by atomic mass is 10.3. The number of tetrazole rings is 1. The molecule has 1 aromatic carbocycles. The van der Waals surface area contributed by atoms with Crippen LogP contribution in [0.5, 0.6) is 5.75 Å². The van der Waals surface area contributed by atoms with Gasteiger partial charge in [-0.25, -0.2) is 0 Å². The minimum atomic E-state index is 0.264. The minimum Gasteiger partial charge on any atom is -0.481 e. The van der Waals surface area contributed by atoms with Crippen LogP contribution >= 0.6 is 11.8 Å². The van der Waals surface area contributed by atoms with Crippen molar-refractivity contribution >= 4 is 11.8 Å². The van der Waals surface area contributed by atoms with Crippen molar-refractivity contribution in [1.82, 2.24) is 20.2 Å². The first kappa shape index (κ1) is 11.5. The molecule has 2 rings (SSSR count). The molecule has 0 unspecified atom stereocenters. The second kappa shape index (κ2) is 5.37. The van der Waals surface area contributed by atoms with E-state index in [0.717, 1.165) is 16.6 Å². The summed E-state index contributed by atoms with van der Waals surface area (Å²) in [5.41, 5.74) is 0.882. The first-order valence-corrected chi connectivity index (χ1v) is 6.06. The summed E-state index contributed by atoms with van der Waals surface area (Å²) >= 11 is 1.48. The third-order valence-electron chi connectivity index (χ3n) is 2.03. The van der Waals surface area contributed by atoms with E-state index < -0.39 is 0 Å². The topological polar surface area (TPSA) is 52.8 Å². The van der Waals surface area contributed by atoms with Gasteiger partial charge in [-0.1, -0.05) is 17.7 Å². The van der Waals surface area contributed by atoms with Crippen LogP contribution in [0.2, 0.25) is 0 Å². The van der Waals surface area contributed by atoms with Gasteiger partial charge in [0.25, 0.3) is 0 Å². The molecule has 1 heterocycles. The first-order chi connectivity index (χ1) is 8.35. The van der Waals surface area contributed by atoms with Gasteiger partial charge in [-0.2, -0.15) is 4.68 Å². The van der Waals surface area contributed by atoms with Crippen molar-refractivity contribution < 1.29 is 4.74 Å². The van der Waals surface area contributed by atoms with Crippen LogP contribution in [0.4, 0.5) is 0 Å². The summed E-state index contributed by atoms with van der Waals surface area (Å²) in [5, 5.41) is 12.2. The van der Waals surface area contributed by atoms with Crippen LogP contribution in [-0.2, 0) is 0 Å². The molecule has 0 spiro atoms. The number of hydrogen-bond donors (Lipinski definition) is 0. The van der Waals surface area contributed by atoms with Crippen LogP contribution in [0.1, 0.15) is 0 Å². The van der Waals surface area contributed by atoms with Crippen molar-refractivity contribution in [2.24, 2.45) is 0 Å². The van der Waals surface area contributed by atoms with Crippen LogP contribution in [-0.4, -0.2) is 33.1 Å². The number of ether oxygens (including phenoxy) is 1. The van der Waals surface area contributed by atoms with Gasteiger partial charge in [0.05, 0.1) is 5.69 Å². The van der Waals surface area contributed by atoms with Crippen LogP contribution in [0, 0.1) is 12.3 Å². The Kier molecular flexibility index (Phi) is 3.62. The SMILES string of the molecule is C#CCOc1ccc(-n2nnnc2SC)cc1. The number of terminal acetylenes is 1. The first-order valence-electron chi connectivity index (χ1n) is 4.84. The lowest BCUT2D eigenvalue weighted by Crippen LogP contribution is -1.99. The molecule has 5 nitrogen and oxygen atoms in total. The van der Waals surface area contributed by atoms with Gasteiger partial charge in [-0.3, -0.25) is 0 Å². The molecule has 0 aliphatic rings. The number of nitrogens with zero attached hydrogens (tertiary/aromatic N) is 4. The van der Waals surface area contributed by atoms with E-state index in [-0.39, 0.29) is 6.61 Å². The minimum absolute atomic E-state index is 0.264. The van der Waals surface area contributed by atoms with Gasteiger partial charge in [-0.05, 0) is 40.9 Å². The summed E-state index contributed by atoms with van der Waals surface area (Å²) in [6.45, 7) is 0.264. The number of benzene rings is 1.